The predicted molar refractivity (Wildman–Crippen MR) is 44.6 cm³/mol. The van der Waals surface area contributed by atoms with Gasteiger partial charge in [0.25, 0.3) is 0 Å². The SMILES string of the molecule is CCN(C(C)=O)C(=O)NCN=C=O. The Bertz CT molecular complexity index is 245. The van der Waals surface area contributed by atoms with Gasteiger partial charge in [-0.3, -0.25) is 9.69 Å². The second-order valence-electron chi connectivity index (χ2n) is 2.15. The van der Waals surface area contributed by atoms with E-state index in [0.717, 1.165) is 4.90 Å². The molecule has 0 heterocycles. The van der Waals surface area contributed by atoms with E-state index in [1.54, 1.807) is 6.92 Å². The third-order valence-electron chi connectivity index (χ3n) is 1.32. The molecule has 13 heavy (non-hydrogen) atoms. The fourth-order valence-electron chi connectivity index (χ4n) is 0.744. The first-order valence-corrected chi connectivity index (χ1v) is 3.73. The number of imide groups is 1. The summed E-state index contributed by atoms with van der Waals surface area (Å²) in [7, 11) is 0. The van der Waals surface area contributed by atoms with Crippen LogP contribution in [-0.2, 0) is 9.59 Å². The number of aliphatic imine (C=N–C) groups is 1. The van der Waals surface area contributed by atoms with E-state index in [-0.39, 0.29) is 19.1 Å². The molecule has 0 aromatic rings. The number of carbonyl (C=O) groups excluding carboxylic acids is 3. The van der Waals surface area contributed by atoms with Gasteiger partial charge in [-0.25, -0.2) is 9.59 Å². The Morgan fingerprint density at radius 3 is 2.54 bits per heavy atom. The zero-order chi connectivity index (χ0) is 10.3. The lowest BCUT2D eigenvalue weighted by atomic mass is 10.5. The van der Waals surface area contributed by atoms with E-state index < -0.39 is 6.03 Å². The van der Waals surface area contributed by atoms with Crippen LogP contribution in [0.15, 0.2) is 4.99 Å². The number of nitrogens with one attached hydrogen (secondary N) is 1. The highest BCUT2D eigenvalue weighted by atomic mass is 16.2. The van der Waals surface area contributed by atoms with Crippen LogP contribution in [0.2, 0.25) is 0 Å². The standard InChI is InChI=1S/C7H11N3O3/c1-3-10(6(2)12)7(13)9-4-8-5-11/h3-4H2,1-2H3,(H,9,13). The van der Waals surface area contributed by atoms with Crippen molar-refractivity contribution in [1.29, 1.82) is 0 Å². The van der Waals surface area contributed by atoms with Crippen molar-refractivity contribution < 1.29 is 14.4 Å². The van der Waals surface area contributed by atoms with Gasteiger partial charge in [0.15, 0.2) is 0 Å². The molecule has 0 atom stereocenters. The van der Waals surface area contributed by atoms with Gasteiger partial charge in [-0.1, -0.05) is 0 Å². The zero-order valence-corrected chi connectivity index (χ0v) is 7.53. The van der Waals surface area contributed by atoms with E-state index >= 15 is 0 Å². The van der Waals surface area contributed by atoms with Gasteiger partial charge >= 0.3 is 6.03 Å². The van der Waals surface area contributed by atoms with Gasteiger partial charge in [0.1, 0.15) is 6.67 Å². The molecule has 0 aliphatic carbocycles. The minimum atomic E-state index is -0.561. The van der Waals surface area contributed by atoms with Crippen LogP contribution in [0.4, 0.5) is 4.79 Å². The quantitative estimate of drug-likeness (QED) is 0.491. The average Bonchev–Trinajstić information content (AvgIpc) is 2.05. The summed E-state index contributed by atoms with van der Waals surface area (Å²) in [5.41, 5.74) is 0. The molecule has 3 amide bonds. The Hall–Kier alpha value is -1.68. The van der Waals surface area contributed by atoms with Crippen molar-refractivity contribution in [3.63, 3.8) is 0 Å². The fraction of sp³-hybridized carbons (Fsp3) is 0.571. The largest absolute Gasteiger partial charge is 0.325 e. The molecule has 0 radical (unpaired) electrons. The number of urea groups is 1. The van der Waals surface area contributed by atoms with Crippen LogP contribution in [0.1, 0.15) is 13.8 Å². The van der Waals surface area contributed by atoms with Crippen LogP contribution in [-0.4, -0.2) is 36.1 Å². The van der Waals surface area contributed by atoms with Gasteiger partial charge < -0.3 is 5.32 Å². The average molecular weight is 185 g/mol. The number of carbonyl (C=O) groups is 2. The molecular weight excluding hydrogens is 174 g/mol. The third kappa shape index (κ3) is 4.03. The molecule has 72 valence electrons. The Balaban J connectivity index is 4.06. The summed E-state index contributed by atoms with van der Waals surface area (Å²) in [6, 6.07) is -0.561. The van der Waals surface area contributed by atoms with Crippen molar-refractivity contribution in [3.8, 4) is 0 Å². The molecule has 0 saturated carbocycles. The van der Waals surface area contributed by atoms with Crippen molar-refractivity contribution in [1.82, 2.24) is 10.2 Å². The molecule has 0 aliphatic rings. The lowest BCUT2D eigenvalue weighted by molar-refractivity contribution is -0.125. The second kappa shape index (κ2) is 5.91. The van der Waals surface area contributed by atoms with Crippen molar-refractivity contribution in [2.45, 2.75) is 13.8 Å². The minimum Gasteiger partial charge on any atom is -0.317 e. The summed E-state index contributed by atoms with van der Waals surface area (Å²) in [6.07, 6.45) is 1.27. The van der Waals surface area contributed by atoms with Crippen LogP contribution < -0.4 is 5.32 Å². The first kappa shape index (κ1) is 11.3. The van der Waals surface area contributed by atoms with Crippen LogP contribution in [0.3, 0.4) is 0 Å². The van der Waals surface area contributed by atoms with Gasteiger partial charge in [0.2, 0.25) is 12.0 Å². The van der Waals surface area contributed by atoms with E-state index in [2.05, 4.69) is 10.3 Å². The Morgan fingerprint density at radius 1 is 1.54 bits per heavy atom. The van der Waals surface area contributed by atoms with Crippen LogP contribution >= 0.6 is 0 Å². The monoisotopic (exact) mass is 185 g/mol. The van der Waals surface area contributed by atoms with Gasteiger partial charge in [-0.2, -0.15) is 4.99 Å². The van der Waals surface area contributed by atoms with Crippen molar-refractivity contribution in [2.75, 3.05) is 13.2 Å². The summed E-state index contributed by atoms with van der Waals surface area (Å²) < 4.78 is 0. The number of rotatable bonds is 3. The Morgan fingerprint density at radius 2 is 2.15 bits per heavy atom. The number of isocyanates is 1. The summed E-state index contributed by atoms with van der Waals surface area (Å²) in [6.45, 7) is 3.08. The van der Waals surface area contributed by atoms with E-state index in [9.17, 15) is 14.4 Å². The van der Waals surface area contributed by atoms with Gasteiger partial charge in [-0.15, -0.1) is 0 Å². The molecule has 0 fully saturated rings. The topological polar surface area (TPSA) is 78.8 Å². The van der Waals surface area contributed by atoms with E-state index in [0.29, 0.717) is 0 Å². The number of hydrogen-bond acceptors (Lipinski definition) is 4. The van der Waals surface area contributed by atoms with Crippen LogP contribution in [0.25, 0.3) is 0 Å². The summed E-state index contributed by atoms with van der Waals surface area (Å²) in [4.78, 5) is 35.6. The molecule has 0 unspecified atom stereocenters. The lowest BCUT2D eigenvalue weighted by Crippen LogP contribution is -2.42. The van der Waals surface area contributed by atoms with E-state index in [1.165, 1.54) is 13.0 Å². The maximum atomic E-state index is 11.1. The molecule has 0 aliphatic heterocycles. The van der Waals surface area contributed by atoms with Gasteiger partial charge in [0.05, 0.1) is 0 Å². The molecular formula is C7H11N3O3. The minimum absolute atomic E-state index is 0.161. The molecule has 0 aromatic heterocycles. The predicted octanol–water partition coefficient (Wildman–Crippen LogP) is -0.142. The molecule has 0 saturated heterocycles. The third-order valence-corrected chi connectivity index (χ3v) is 1.32. The maximum absolute atomic E-state index is 11.1. The molecule has 0 bridgehead atoms. The highest BCUT2D eigenvalue weighted by Crippen LogP contribution is 1.89. The molecule has 1 N–H and O–H groups in total. The molecule has 0 aromatic carbocycles. The summed E-state index contributed by atoms with van der Waals surface area (Å²) in [5, 5.41) is 2.25. The highest BCUT2D eigenvalue weighted by molar-refractivity contribution is 5.93. The number of nitrogens with zero attached hydrogens (tertiary/aromatic N) is 2. The lowest BCUT2D eigenvalue weighted by Gasteiger charge is -2.16. The fourth-order valence-corrected chi connectivity index (χ4v) is 0.744. The Kier molecular flexibility index (Phi) is 5.14. The molecule has 6 nitrogen and oxygen atoms in total. The van der Waals surface area contributed by atoms with Gasteiger partial charge in [0, 0.05) is 13.5 Å². The van der Waals surface area contributed by atoms with Crippen LogP contribution in [0.5, 0.6) is 0 Å². The molecule has 0 spiro atoms. The number of amides is 3. The van der Waals surface area contributed by atoms with Crippen molar-refractivity contribution >= 4 is 18.0 Å². The number of hydrogen-bond donors (Lipinski definition) is 1. The highest BCUT2D eigenvalue weighted by Gasteiger charge is 2.14. The van der Waals surface area contributed by atoms with Gasteiger partial charge in [-0.05, 0) is 6.92 Å². The maximum Gasteiger partial charge on any atom is 0.325 e. The smallest absolute Gasteiger partial charge is 0.317 e. The zero-order valence-electron chi connectivity index (χ0n) is 7.53. The normalized spacial score (nSPS) is 8.46. The van der Waals surface area contributed by atoms with E-state index in [1.807, 2.05) is 0 Å². The molecule has 6 heteroatoms. The summed E-state index contributed by atoms with van der Waals surface area (Å²) in [5.74, 6) is -0.352. The van der Waals surface area contributed by atoms with Crippen molar-refractivity contribution in [2.24, 2.45) is 4.99 Å². The second-order valence-corrected chi connectivity index (χ2v) is 2.15. The molecule has 0 rings (SSSR count). The van der Waals surface area contributed by atoms with Crippen LogP contribution in [0, 0.1) is 0 Å². The van der Waals surface area contributed by atoms with E-state index in [4.69, 9.17) is 0 Å². The summed E-state index contributed by atoms with van der Waals surface area (Å²) >= 11 is 0. The first-order chi connectivity index (χ1) is 6.13. The Labute approximate surface area is 75.6 Å². The first-order valence-electron chi connectivity index (χ1n) is 3.73. The van der Waals surface area contributed by atoms with Crippen molar-refractivity contribution in [3.05, 3.63) is 0 Å².